The number of alkyl halides is 2. The van der Waals surface area contributed by atoms with Crippen molar-refractivity contribution < 1.29 is 26.7 Å². The van der Waals surface area contributed by atoms with E-state index in [1.807, 2.05) is 19.1 Å². The van der Waals surface area contributed by atoms with Crippen molar-refractivity contribution in [3.8, 4) is 5.75 Å². The Bertz CT molecular complexity index is 1320. The average Bonchev–Trinajstić information content (AvgIpc) is 2.82. The monoisotopic (exact) mass is 487 g/mol. The topological polar surface area (TPSA) is 79.8 Å². The maximum absolute atomic E-state index is 13.3. The second-order valence-electron chi connectivity index (χ2n) is 7.85. The fourth-order valence-electron chi connectivity index (χ4n) is 3.77. The van der Waals surface area contributed by atoms with Gasteiger partial charge >= 0.3 is 6.61 Å². The van der Waals surface area contributed by atoms with E-state index in [9.17, 15) is 22.0 Å². The molecule has 2 aromatic carbocycles. The molecule has 0 bridgehead atoms. The average molecular weight is 488 g/mol. The third-order valence-corrected chi connectivity index (χ3v) is 7.43. The molecule has 1 fully saturated rings. The number of ether oxygens (including phenoxy) is 1. The van der Waals surface area contributed by atoms with E-state index in [0.717, 1.165) is 10.9 Å². The van der Waals surface area contributed by atoms with Gasteiger partial charge in [0.2, 0.25) is 15.9 Å². The summed E-state index contributed by atoms with van der Waals surface area (Å²) in [6.07, 6.45) is 4.59. The van der Waals surface area contributed by atoms with Crippen LogP contribution in [0.5, 0.6) is 5.75 Å². The first-order chi connectivity index (χ1) is 16.2. The largest absolute Gasteiger partial charge is 0.435 e. The Morgan fingerprint density at radius 1 is 1.09 bits per heavy atom. The highest BCUT2D eigenvalue weighted by Gasteiger charge is 2.31. The van der Waals surface area contributed by atoms with Crippen molar-refractivity contribution in [1.29, 1.82) is 0 Å². The van der Waals surface area contributed by atoms with Crippen molar-refractivity contribution in [2.24, 2.45) is 0 Å². The van der Waals surface area contributed by atoms with Crippen LogP contribution in [0.15, 0.2) is 65.7 Å². The predicted octanol–water partition coefficient (Wildman–Crippen LogP) is 3.69. The van der Waals surface area contributed by atoms with Gasteiger partial charge in [0, 0.05) is 43.8 Å². The Labute approximate surface area is 196 Å². The number of amides is 1. The number of carbonyl (C=O) groups excluding carboxylic acids is 1. The van der Waals surface area contributed by atoms with E-state index in [0.29, 0.717) is 11.1 Å². The molecule has 1 saturated heterocycles. The van der Waals surface area contributed by atoms with Crippen LogP contribution in [-0.2, 0) is 14.8 Å². The summed E-state index contributed by atoms with van der Waals surface area (Å²) in [5.74, 6) is -0.223. The summed E-state index contributed by atoms with van der Waals surface area (Å²) in [7, 11) is -3.77. The molecule has 0 aliphatic carbocycles. The van der Waals surface area contributed by atoms with Crippen LogP contribution >= 0.6 is 0 Å². The van der Waals surface area contributed by atoms with E-state index >= 15 is 0 Å². The van der Waals surface area contributed by atoms with E-state index in [-0.39, 0.29) is 42.7 Å². The number of carbonyl (C=O) groups is 1. The van der Waals surface area contributed by atoms with Gasteiger partial charge in [-0.25, -0.2) is 8.42 Å². The maximum atomic E-state index is 13.3. The van der Waals surface area contributed by atoms with Gasteiger partial charge in [-0.2, -0.15) is 13.1 Å². The van der Waals surface area contributed by atoms with Gasteiger partial charge < -0.3 is 9.64 Å². The lowest BCUT2D eigenvalue weighted by Crippen LogP contribution is -2.50. The summed E-state index contributed by atoms with van der Waals surface area (Å²) in [5, 5.41) is 0.758. The van der Waals surface area contributed by atoms with E-state index in [4.69, 9.17) is 0 Å². The normalized spacial score (nSPS) is 15.4. The summed E-state index contributed by atoms with van der Waals surface area (Å²) >= 11 is 0. The zero-order chi connectivity index (χ0) is 24.3. The van der Waals surface area contributed by atoms with Crippen LogP contribution in [0.3, 0.4) is 0 Å². The number of nitrogens with zero attached hydrogens (tertiary/aromatic N) is 3. The van der Waals surface area contributed by atoms with Crippen LogP contribution in [0, 0.1) is 6.92 Å². The van der Waals surface area contributed by atoms with Crippen LogP contribution < -0.4 is 4.74 Å². The van der Waals surface area contributed by atoms with Crippen molar-refractivity contribution in [3.63, 3.8) is 0 Å². The van der Waals surface area contributed by atoms with Crippen molar-refractivity contribution in [2.75, 3.05) is 26.2 Å². The molecule has 0 unspecified atom stereocenters. The minimum absolute atomic E-state index is 0.0346. The van der Waals surface area contributed by atoms with Gasteiger partial charge in [0.1, 0.15) is 10.6 Å². The fraction of sp³-hybridized carbons (Fsp3) is 0.250. The molecule has 0 N–H and O–H groups in total. The molecular formula is C24H23F2N3O4S. The molecule has 1 aliphatic rings. The Morgan fingerprint density at radius 3 is 2.47 bits per heavy atom. The predicted molar refractivity (Wildman–Crippen MR) is 124 cm³/mol. The number of hydrogen-bond acceptors (Lipinski definition) is 5. The highest BCUT2D eigenvalue weighted by Crippen LogP contribution is 2.25. The van der Waals surface area contributed by atoms with Gasteiger partial charge in [0.15, 0.2) is 0 Å². The van der Waals surface area contributed by atoms with Gasteiger partial charge in [-0.15, -0.1) is 0 Å². The Hall–Kier alpha value is -3.37. The minimum atomic E-state index is -3.77. The van der Waals surface area contributed by atoms with Gasteiger partial charge in [-0.3, -0.25) is 9.78 Å². The first-order valence-electron chi connectivity index (χ1n) is 10.6. The lowest BCUT2D eigenvalue weighted by Gasteiger charge is -2.33. The molecule has 3 aromatic rings. The number of aryl methyl sites for hydroxylation is 1. The Kier molecular flexibility index (Phi) is 6.90. The van der Waals surface area contributed by atoms with Crippen LogP contribution in [-0.4, -0.2) is 61.3 Å². The highest BCUT2D eigenvalue weighted by molar-refractivity contribution is 7.89. The summed E-state index contributed by atoms with van der Waals surface area (Å²) < 4.78 is 56.7. The number of halogens is 2. The van der Waals surface area contributed by atoms with Gasteiger partial charge in [-0.05, 0) is 48.4 Å². The summed E-state index contributed by atoms with van der Waals surface area (Å²) in [6.45, 7) is -0.156. The minimum Gasteiger partial charge on any atom is -0.435 e. The highest BCUT2D eigenvalue weighted by atomic mass is 32.2. The van der Waals surface area contributed by atoms with Gasteiger partial charge in [0.25, 0.3) is 0 Å². The van der Waals surface area contributed by atoms with E-state index in [1.165, 1.54) is 22.5 Å². The number of sulfonamides is 1. The smallest absolute Gasteiger partial charge is 0.387 e. The van der Waals surface area contributed by atoms with E-state index < -0.39 is 16.6 Å². The van der Waals surface area contributed by atoms with E-state index in [2.05, 4.69) is 9.72 Å². The molecule has 10 heteroatoms. The van der Waals surface area contributed by atoms with Crippen LogP contribution in [0.2, 0.25) is 0 Å². The molecule has 178 valence electrons. The zero-order valence-electron chi connectivity index (χ0n) is 18.4. The van der Waals surface area contributed by atoms with Crippen LogP contribution in [0.25, 0.3) is 17.0 Å². The Balaban J connectivity index is 1.40. The Morgan fingerprint density at radius 2 is 1.79 bits per heavy atom. The molecule has 1 aliphatic heterocycles. The maximum Gasteiger partial charge on any atom is 0.387 e. The number of piperazine rings is 1. The molecule has 0 spiro atoms. The summed E-state index contributed by atoms with van der Waals surface area (Å²) in [4.78, 5) is 18.6. The molecule has 1 amide bonds. The SMILES string of the molecule is Cc1cnc2c(S(=O)(=O)N3CCN(C(=O)/C=C/c4ccc(OC(F)F)cc4)CC3)cccc2c1. The molecular weight excluding hydrogens is 464 g/mol. The number of rotatable bonds is 6. The quantitative estimate of drug-likeness (QED) is 0.496. The number of pyridine rings is 1. The number of para-hydroxylation sites is 1. The molecule has 4 rings (SSSR count). The molecule has 7 nitrogen and oxygen atoms in total. The third kappa shape index (κ3) is 5.23. The third-order valence-electron chi connectivity index (χ3n) is 5.50. The first kappa shape index (κ1) is 23.8. The summed E-state index contributed by atoms with van der Waals surface area (Å²) in [5.41, 5.74) is 2.02. The van der Waals surface area contributed by atoms with Crippen LogP contribution in [0.4, 0.5) is 8.78 Å². The second kappa shape index (κ2) is 9.86. The lowest BCUT2D eigenvalue weighted by molar-refractivity contribution is -0.127. The van der Waals surface area contributed by atoms with Crippen molar-refractivity contribution in [1.82, 2.24) is 14.2 Å². The summed E-state index contributed by atoms with van der Waals surface area (Å²) in [6, 6.07) is 12.9. The van der Waals surface area contributed by atoms with Crippen LogP contribution in [0.1, 0.15) is 11.1 Å². The number of aromatic nitrogens is 1. The molecule has 2 heterocycles. The number of fused-ring (bicyclic) bond motifs is 1. The lowest BCUT2D eigenvalue weighted by atomic mass is 10.2. The number of benzene rings is 2. The van der Waals surface area contributed by atoms with Crippen molar-refractivity contribution >= 4 is 32.9 Å². The molecule has 0 saturated carbocycles. The molecule has 0 radical (unpaired) electrons. The fourth-order valence-corrected chi connectivity index (χ4v) is 5.36. The first-order valence-corrected chi connectivity index (χ1v) is 12.1. The molecule has 1 aromatic heterocycles. The second-order valence-corrected chi connectivity index (χ2v) is 9.76. The van der Waals surface area contributed by atoms with Gasteiger partial charge in [0.05, 0.1) is 5.52 Å². The standard InChI is InChI=1S/C24H23F2N3O4S/c1-17-15-19-3-2-4-21(23(19)27-16-17)34(31,32)29-13-11-28(12-14-29)22(30)10-7-18-5-8-20(9-6-18)33-24(25)26/h2-10,15-16,24H,11-14H2,1H3/b10-7+. The van der Waals surface area contributed by atoms with Crippen molar-refractivity contribution in [3.05, 3.63) is 71.9 Å². The number of hydrogen-bond donors (Lipinski definition) is 0. The van der Waals surface area contributed by atoms with Gasteiger partial charge in [-0.1, -0.05) is 24.3 Å². The molecule has 34 heavy (non-hydrogen) atoms. The van der Waals surface area contributed by atoms with Crippen molar-refractivity contribution in [2.45, 2.75) is 18.4 Å². The van der Waals surface area contributed by atoms with E-state index in [1.54, 1.807) is 41.4 Å². The zero-order valence-corrected chi connectivity index (χ0v) is 19.2. The molecule has 0 atom stereocenters.